The maximum atomic E-state index is 13.2. The van der Waals surface area contributed by atoms with Crippen LogP contribution in [-0.4, -0.2) is 37.0 Å². The maximum Gasteiger partial charge on any atom is 0.223 e. The number of nitrogens with zero attached hydrogens (tertiary/aromatic N) is 2. The smallest absolute Gasteiger partial charge is 0.223 e. The Morgan fingerprint density at radius 3 is 2.46 bits per heavy atom. The van der Waals surface area contributed by atoms with Crippen LogP contribution in [-0.2, 0) is 11.2 Å². The molecule has 1 heterocycles. The van der Waals surface area contributed by atoms with Crippen molar-refractivity contribution in [1.82, 2.24) is 4.90 Å². The largest absolute Gasteiger partial charge is 0.368 e. The molecule has 2 aromatic rings. The Kier molecular flexibility index (Phi) is 5.77. The van der Waals surface area contributed by atoms with Gasteiger partial charge in [0.2, 0.25) is 5.91 Å². The number of aryl methyl sites for hydroxylation is 2. The van der Waals surface area contributed by atoms with E-state index in [9.17, 15) is 13.6 Å². The highest BCUT2D eigenvalue weighted by Gasteiger charge is 2.22. The highest BCUT2D eigenvalue weighted by Crippen LogP contribution is 2.25. The van der Waals surface area contributed by atoms with E-state index in [-0.39, 0.29) is 5.91 Å². The van der Waals surface area contributed by atoms with Crippen molar-refractivity contribution < 1.29 is 13.6 Å². The van der Waals surface area contributed by atoms with Gasteiger partial charge in [-0.2, -0.15) is 0 Å². The molecule has 138 valence electrons. The molecule has 0 aliphatic carbocycles. The Hall–Kier alpha value is -2.14. The molecule has 1 aliphatic heterocycles. The Labute approximate surface area is 157 Å². The van der Waals surface area contributed by atoms with Crippen LogP contribution in [0.5, 0.6) is 0 Å². The Balaban J connectivity index is 1.53. The normalized spacial score (nSPS) is 14.6. The zero-order valence-corrected chi connectivity index (χ0v) is 15.4. The Morgan fingerprint density at radius 1 is 1.04 bits per heavy atom. The van der Waals surface area contributed by atoms with Gasteiger partial charge in [0.15, 0.2) is 11.6 Å². The summed E-state index contributed by atoms with van der Waals surface area (Å²) in [6, 6.07) is 9.60. The molecule has 0 atom stereocenters. The van der Waals surface area contributed by atoms with E-state index in [1.54, 1.807) is 0 Å². The van der Waals surface area contributed by atoms with Crippen LogP contribution in [0.15, 0.2) is 36.4 Å². The van der Waals surface area contributed by atoms with Crippen LogP contribution in [0.2, 0.25) is 5.02 Å². The highest BCUT2D eigenvalue weighted by atomic mass is 35.5. The first-order chi connectivity index (χ1) is 12.4. The van der Waals surface area contributed by atoms with E-state index in [2.05, 4.69) is 4.90 Å². The number of rotatable bonds is 4. The summed E-state index contributed by atoms with van der Waals surface area (Å²) >= 11 is 6.09. The van der Waals surface area contributed by atoms with Gasteiger partial charge in [-0.25, -0.2) is 8.78 Å². The summed E-state index contributed by atoms with van der Waals surface area (Å²) in [4.78, 5) is 16.5. The molecule has 1 aliphatic rings. The van der Waals surface area contributed by atoms with Crippen LogP contribution < -0.4 is 4.90 Å². The molecule has 3 nitrogen and oxygen atoms in total. The van der Waals surface area contributed by atoms with E-state index in [1.165, 1.54) is 6.07 Å². The molecule has 0 radical (unpaired) electrons. The van der Waals surface area contributed by atoms with Gasteiger partial charge in [0, 0.05) is 43.3 Å². The summed E-state index contributed by atoms with van der Waals surface area (Å²) in [6.07, 6.45) is 0.699. The van der Waals surface area contributed by atoms with Crippen molar-refractivity contribution >= 4 is 23.2 Å². The molecule has 6 heteroatoms. The molecule has 0 unspecified atom stereocenters. The second-order valence-electron chi connectivity index (χ2n) is 6.55. The number of anilines is 1. The molecule has 3 rings (SSSR count). The number of piperazine rings is 1. The van der Waals surface area contributed by atoms with Crippen LogP contribution >= 0.6 is 11.6 Å². The molecule has 0 saturated carbocycles. The van der Waals surface area contributed by atoms with Crippen LogP contribution in [0.1, 0.15) is 17.5 Å². The maximum absolute atomic E-state index is 13.2. The number of carbonyl (C=O) groups excluding carboxylic acids is 1. The lowest BCUT2D eigenvalue weighted by Crippen LogP contribution is -2.49. The van der Waals surface area contributed by atoms with E-state index in [0.29, 0.717) is 36.5 Å². The van der Waals surface area contributed by atoms with E-state index in [0.717, 1.165) is 36.5 Å². The minimum Gasteiger partial charge on any atom is -0.368 e. The minimum atomic E-state index is -0.875. The van der Waals surface area contributed by atoms with Gasteiger partial charge in [-0.3, -0.25) is 4.79 Å². The number of amides is 1. The molecule has 26 heavy (non-hydrogen) atoms. The Bertz CT molecular complexity index is 804. The van der Waals surface area contributed by atoms with Crippen molar-refractivity contribution in [3.63, 3.8) is 0 Å². The lowest BCUT2D eigenvalue weighted by molar-refractivity contribution is -0.131. The third kappa shape index (κ3) is 4.33. The minimum absolute atomic E-state index is 0.0391. The highest BCUT2D eigenvalue weighted by molar-refractivity contribution is 6.30. The molecular weight excluding hydrogens is 358 g/mol. The Morgan fingerprint density at radius 2 is 1.77 bits per heavy atom. The second kappa shape index (κ2) is 8.04. The molecule has 0 N–H and O–H groups in total. The fourth-order valence-corrected chi connectivity index (χ4v) is 3.39. The monoisotopic (exact) mass is 378 g/mol. The van der Waals surface area contributed by atoms with Crippen molar-refractivity contribution in [1.29, 1.82) is 0 Å². The van der Waals surface area contributed by atoms with E-state index >= 15 is 0 Å². The quantitative estimate of drug-likeness (QED) is 0.795. The van der Waals surface area contributed by atoms with Gasteiger partial charge in [0.1, 0.15) is 0 Å². The third-order valence-electron chi connectivity index (χ3n) is 4.76. The number of benzene rings is 2. The lowest BCUT2D eigenvalue weighted by Gasteiger charge is -2.37. The summed E-state index contributed by atoms with van der Waals surface area (Å²) in [6.45, 7) is 4.83. The summed E-state index contributed by atoms with van der Waals surface area (Å²) in [5.74, 6) is -1.70. The predicted octanol–water partition coefficient (Wildman–Crippen LogP) is 4.21. The fourth-order valence-electron chi connectivity index (χ4n) is 3.22. The summed E-state index contributed by atoms with van der Waals surface area (Å²) in [5.41, 5.74) is 2.89. The van der Waals surface area contributed by atoms with Crippen LogP contribution in [0, 0.1) is 18.6 Å². The van der Waals surface area contributed by atoms with E-state index in [4.69, 9.17) is 11.6 Å². The first kappa shape index (κ1) is 18.6. The zero-order chi connectivity index (χ0) is 18.7. The van der Waals surface area contributed by atoms with Crippen molar-refractivity contribution in [2.75, 3.05) is 31.1 Å². The molecule has 0 spiro atoms. The third-order valence-corrected chi connectivity index (χ3v) is 4.99. The van der Waals surface area contributed by atoms with Crippen LogP contribution in [0.3, 0.4) is 0 Å². The number of carbonyl (C=O) groups is 1. The molecule has 1 amide bonds. The number of halogens is 3. The molecule has 0 bridgehead atoms. The second-order valence-corrected chi connectivity index (χ2v) is 6.98. The zero-order valence-electron chi connectivity index (χ0n) is 14.6. The van der Waals surface area contributed by atoms with Crippen molar-refractivity contribution in [2.24, 2.45) is 0 Å². The van der Waals surface area contributed by atoms with Crippen molar-refractivity contribution in [2.45, 2.75) is 19.8 Å². The predicted molar refractivity (Wildman–Crippen MR) is 99.7 cm³/mol. The summed E-state index contributed by atoms with van der Waals surface area (Å²) in [7, 11) is 0. The van der Waals surface area contributed by atoms with E-state index in [1.807, 2.05) is 30.0 Å². The summed E-state index contributed by atoms with van der Waals surface area (Å²) < 4.78 is 26.2. The van der Waals surface area contributed by atoms with Gasteiger partial charge in [-0.15, -0.1) is 0 Å². The number of hydrogen-bond acceptors (Lipinski definition) is 2. The van der Waals surface area contributed by atoms with Gasteiger partial charge in [0.25, 0.3) is 0 Å². The topological polar surface area (TPSA) is 23.6 Å². The van der Waals surface area contributed by atoms with Crippen LogP contribution in [0.25, 0.3) is 0 Å². The van der Waals surface area contributed by atoms with Crippen molar-refractivity contribution in [3.05, 3.63) is 64.2 Å². The number of hydrogen-bond donors (Lipinski definition) is 0. The van der Waals surface area contributed by atoms with Crippen LogP contribution in [0.4, 0.5) is 14.5 Å². The van der Waals surface area contributed by atoms with E-state index < -0.39 is 11.6 Å². The molecular formula is C20H21ClF2N2O. The first-order valence-corrected chi connectivity index (χ1v) is 9.04. The SMILES string of the molecule is Cc1ccc(Cl)cc1N1CCN(C(=O)CCc2ccc(F)c(F)c2)CC1. The molecule has 1 saturated heterocycles. The molecule has 1 fully saturated rings. The average molecular weight is 379 g/mol. The average Bonchev–Trinajstić information content (AvgIpc) is 2.64. The van der Waals surface area contributed by atoms with Gasteiger partial charge >= 0.3 is 0 Å². The summed E-state index contributed by atoms with van der Waals surface area (Å²) in [5, 5.41) is 0.704. The molecule has 2 aromatic carbocycles. The van der Waals surface area contributed by atoms with Gasteiger partial charge in [-0.1, -0.05) is 23.7 Å². The van der Waals surface area contributed by atoms with Gasteiger partial charge in [0.05, 0.1) is 0 Å². The first-order valence-electron chi connectivity index (χ1n) is 8.67. The van der Waals surface area contributed by atoms with Gasteiger partial charge in [-0.05, 0) is 48.7 Å². The standard InChI is InChI=1S/C20H21ClF2N2O/c1-14-2-5-16(21)13-19(14)24-8-10-25(11-9-24)20(26)7-4-15-3-6-17(22)18(23)12-15/h2-3,5-6,12-13H,4,7-11H2,1H3. The van der Waals surface area contributed by atoms with Gasteiger partial charge < -0.3 is 9.80 Å². The van der Waals surface area contributed by atoms with Crippen molar-refractivity contribution in [3.8, 4) is 0 Å². The lowest BCUT2D eigenvalue weighted by atomic mass is 10.1. The fraction of sp³-hybridized carbons (Fsp3) is 0.350. The molecule has 0 aromatic heterocycles.